The highest BCUT2D eigenvalue weighted by Crippen LogP contribution is 2.34. The highest BCUT2D eigenvalue weighted by molar-refractivity contribution is 6.08. The van der Waals surface area contributed by atoms with Crippen LogP contribution in [0.4, 0.5) is 20.3 Å². The van der Waals surface area contributed by atoms with E-state index in [0.29, 0.717) is 18.2 Å². The molecule has 158 valence electrons. The molecule has 0 unspecified atom stereocenters. The smallest absolute Gasteiger partial charge is 0.352 e. The van der Waals surface area contributed by atoms with Crippen molar-refractivity contribution in [2.75, 3.05) is 10.6 Å². The Morgan fingerprint density at radius 2 is 2.00 bits per heavy atom. The molecule has 9 heteroatoms. The molecule has 1 aliphatic heterocycles. The number of hydrogen-bond donors (Lipinski definition) is 3. The van der Waals surface area contributed by atoms with Gasteiger partial charge >= 0.3 is 5.97 Å². The van der Waals surface area contributed by atoms with Crippen molar-refractivity contribution in [2.45, 2.75) is 19.4 Å². The van der Waals surface area contributed by atoms with Crippen LogP contribution in [0.5, 0.6) is 0 Å². The summed E-state index contributed by atoms with van der Waals surface area (Å²) in [5.41, 5.74) is 1.42. The van der Waals surface area contributed by atoms with Gasteiger partial charge in [-0.3, -0.25) is 4.79 Å². The molecule has 0 aliphatic carbocycles. The van der Waals surface area contributed by atoms with E-state index in [4.69, 9.17) is 0 Å². The van der Waals surface area contributed by atoms with E-state index in [2.05, 4.69) is 15.7 Å². The Kier molecular flexibility index (Phi) is 5.24. The molecule has 1 aliphatic rings. The fourth-order valence-electron chi connectivity index (χ4n) is 3.49. The minimum absolute atomic E-state index is 0.0225. The van der Waals surface area contributed by atoms with Crippen LogP contribution in [0.2, 0.25) is 0 Å². The molecular formula is C22H18F2N4O3. The molecule has 0 radical (unpaired) electrons. The molecule has 0 fully saturated rings. The SMILES string of the molecule is CCc1ccccc1NC(=O)c1cnn2c1NC(C(=O)O)=C[C@H]2c1ccc(F)cc1F. The average Bonchev–Trinajstić information content (AvgIpc) is 3.18. The van der Waals surface area contributed by atoms with Crippen molar-refractivity contribution in [2.24, 2.45) is 0 Å². The molecule has 0 bridgehead atoms. The minimum atomic E-state index is -1.29. The van der Waals surface area contributed by atoms with E-state index in [0.717, 1.165) is 11.6 Å². The maximum absolute atomic E-state index is 14.4. The van der Waals surface area contributed by atoms with E-state index in [1.165, 1.54) is 23.0 Å². The van der Waals surface area contributed by atoms with E-state index in [1.807, 2.05) is 19.1 Å². The number of nitrogens with one attached hydrogen (secondary N) is 2. The molecule has 1 amide bonds. The summed E-state index contributed by atoms with van der Waals surface area (Å²) in [7, 11) is 0. The molecule has 1 aromatic heterocycles. The maximum atomic E-state index is 14.4. The van der Waals surface area contributed by atoms with Crippen molar-refractivity contribution in [3.8, 4) is 0 Å². The molecule has 0 spiro atoms. The van der Waals surface area contributed by atoms with Crippen LogP contribution in [0.3, 0.4) is 0 Å². The highest BCUT2D eigenvalue weighted by Gasteiger charge is 2.31. The highest BCUT2D eigenvalue weighted by atomic mass is 19.1. The monoisotopic (exact) mass is 424 g/mol. The molecule has 3 aromatic rings. The van der Waals surface area contributed by atoms with Gasteiger partial charge in [0.25, 0.3) is 5.91 Å². The van der Waals surface area contributed by atoms with Gasteiger partial charge < -0.3 is 15.7 Å². The van der Waals surface area contributed by atoms with E-state index in [-0.39, 0.29) is 22.6 Å². The van der Waals surface area contributed by atoms with Crippen LogP contribution < -0.4 is 10.6 Å². The second-order valence-electron chi connectivity index (χ2n) is 6.94. The van der Waals surface area contributed by atoms with Crippen LogP contribution in [0.15, 0.2) is 60.4 Å². The first kappa shape index (κ1) is 20.3. The van der Waals surface area contributed by atoms with Gasteiger partial charge in [0.1, 0.15) is 34.8 Å². The third-order valence-electron chi connectivity index (χ3n) is 5.04. The lowest BCUT2D eigenvalue weighted by Gasteiger charge is -2.24. The Hall–Kier alpha value is -4.01. The van der Waals surface area contributed by atoms with Gasteiger partial charge in [-0.2, -0.15) is 5.10 Å². The third kappa shape index (κ3) is 3.77. The Balaban J connectivity index is 1.75. The number of aromatic nitrogens is 2. The minimum Gasteiger partial charge on any atom is -0.477 e. The van der Waals surface area contributed by atoms with Gasteiger partial charge in [-0.1, -0.05) is 31.2 Å². The largest absolute Gasteiger partial charge is 0.477 e. The van der Waals surface area contributed by atoms with E-state index < -0.39 is 29.6 Å². The summed E-state index contributed by atoms with van der Waals surface area (Å²) in [6.07, 6.45) is 3.24. The first-order chi connectivity index (χ1) is 14.9. The summed E-state index contributed by atoms with van der Waals surface area (Å²) in [6, 6.07) is 9.34. The zero-order chi connectivity index (χ0) is 22.1. The number of benzene rings is 2. The number of rotatable bonds is 5. The number of carbonyl (C=O) groups is 2. The van der Waals surface area contributed by atoms with Crippen LogP contribution in [-0.2, 0) is 11.2 Å². The van der Waals surface area contributed by atoms with Crippen molar-refractivity contribution >= 4 is 23.4 Å². The zero-order valence-corrected chi connectivity index (χ0v) is 16.4. The van der Waals surface area contributed by atoms with Crippen molar-refractivity contribution in [1.82, 2.24) is 9.78 Å². The number of aliphatic carboxylic acids is 1. The van der Waals surface area contributed by atoms with Crippen LogP contribution in [-0.4, -0.2) is 26.8 Å². The number of para-hydroxylation sites is 1. The fraction of sp³-hybridized carbons (Fsp3) is 0.136. The number of fused-ring (bicyclic) bond motifs is 1. The topological polar surface area (TPSA) is 96.3 Å². The molecule has 4 rings (SSSR count). The molecule has 2 aromatic carbocycles. The Bertz CT molecular complexity index is 1220. The number of carbonyl (C=O) groups excluding carboxylic acids is 1. The summed E-state index contributed by atoms with van der Waals surface area (Å²) < 4.78 is 29.1. The second-order valence-corrected chi connectivity index (χ2v) is 6.94. The molecule has 7 nitrogen and oxygen atoms in total. The normalized spacial score (nSPS) is 14.9. The predicted molar refractivity (Wildman–Crippen MR) is 110 cm³/mol. The van der Waals surface area contributed by atoms with Crippen molar-refractivity contribution in [1.29, 1.82) is 0 Å². The molecule has 3 N–H and O–H groups in total. The summed E-state index contributed by atoms with van der Waals surface area (Å²) in [5, 5.41) is 19.2. The van der Waals surface area contributed by atoms with E-state index in [9.17, 15) is 23.5 Å². The van der Waals surface area contributed by atoms with Gasteiger partial charge in [0, 0.05) is 17.3 Å². The van der Waals surface area contributed by atoms with Crippen molar-refractivity contribution in [3.05, 3.63) is 88.8 Å². The zero-order valence-electron chi connectivity index (χ0n) is 16.4. The standard InChI is InChI=1S/C22H18F2N4O3/c1-2-12-5-3-4-6-17(12)27-21(29)15-11-25-28-19(10-18(22(30)31)26-20(15)28)14-8-7-13(23)9-16(14)24/h3-11,19,26H,2H2,1H3,(H,27,29)(H,30,31)/t19-/m0/s1. The van der Waals surface area contributed by atoms with Gasteiger partial charge in [0.05, 0.1) is 6.20 Å². The van der Waals surface area contributed by atoms with Crippen LogP contribution in [0, 0.1) is 11.6 Å². The molecule has 2 heterocycles. The Morgan fingerprint density at radius 1 is 1.23 bits per heavy atom. The van der Waals surface area contributed by atoms with Gasteiger partial charge in [-0.25, -0.2) is 18.3 Å². The third-order valence-corrected chi connectivity index (χ3v) is 5.04. The number of amides is 1. The maximum Gasteiger partial charge on any atom is 0.352 e. The number of halogens is 2. The Labute approximate surface area is 176 Å². The summed E-state index contributed by atoms with van der Waals surface area (Å²) in [6.45, 7) is 1.96. The number of hydrogen-bond acceptors (Lipinski definition) is 4. The number of carboxylic acids is 1. The number of allylic oxidation sites excluding steroid dienone is 1. The lowest BCUT2D eigenvalue weighted by Crippen LogP contribution is -2.26. The van der Waals surface area contributed by atoms with Gasteiger partial charge in [0.15, 0.2) is 0 Å². The van der Waals surface area contributed by atoms with E-state index in [1.54, 1.807) is 12.1 Å². The first-order valence-electron chi connectivity index (χ1n) is 9.53. The van der Waals surface area contributed by atoms with Crippen LogP contribution in [0.25, 0.3) is 0 Å². The summed E-state index contributed by atoms with van der Waals surface area (Å²) >= 11 is 0. The summed E-state index contributed by atoms with van der Waals surface area (Å²) in [4.78, 5) is 24.6. The Morgan fingerprint density at radius 3 is 2.71 bits per heavy atom. The average molecular weight is 424 g/mol. The second kappa shape index (κ2) is 8.02. The number of aryl methyl sites for hydroxylation is 1. The van der Waals surface area contributed by atoms with Gasteiger partial charge in [-0.05, 0) is 30.2 Å². The number of anilines is 2. The first-order valence-corrected chi connectivity index (χ1v) is 9.53. The van der Waals surface area contributed by atoms with Crippen LogP contribution >= 0.6 is 0 Å². The van der Waals surface area contributed by atoms with Gasteiger partial charge in [0.2, 0.25) is 0 Å². The predicted octanol–water partition coefficient (Wildman–Crippen LogP) is 3.96. The van der Waals surface area contributed by atoms with Crippen molar-refractivity contribution < 1.29 is 23.5 Å². The molecular weight excluding hydrogens is 406 g/mol. The molecule has 0 saturated carbocycles. The molecule has 0 saturated heterocycles. The molecule has 31 heavy (non-hydrogen) atoms. The fourth-order valence-corrected chi connectivity index (χ4v) is 3.49. The lowest BCUT2D eigenvalue weighted by atomic mass is 10.0. The summed E-state index contributed by atoms with van der Waals surface area (Å²) in [5.74, 6) is -3.30. The quantitative estimate of drug-likeness (QED) is 0.576. The lowest BCUT2D eigenvalue weighted by molar-refractivity contribution is -0.132. The van der Waals surface area contributed by atoms with Gasteiger partial charge in [-0.15, -0.1) is 0 Å². The molecule has 1 atom stereocenters. The number of carboxylic acid groups (broad SMARTS) is 1. The van der Waals surface area contributed by atoms with Crippen LogP contribution in [0.1, 0.15) is 34.5 Å². The van der Waals surface area contributed by atoms with E-state index >= 15 is 0 Å². The van der Waals surface area contributed by atoms with Crippen molar-refractivity contribution in [3.63, 3.8) is 0 Å². The number of nitrogens with zero attached hydrogens (tertiary/aromatic N) is 2.